The van der Waals surface area contributed by atoms with E-state index in [1.54, 1.807) is 0 Å². The van der Waals surface area contributed by atoms with Gasteiger partial charge in [0.2, 0.25) is 0 Å². The van der Waals surface area contributed by atoms with Crippen LogP contribution in [0.15, 0.2) is 30.6 Å². The lowest BCUT2D eigenvalue weighted by molar-refractivity contribution is 0.661. The molecule has 0 saturated carbocycles. The van der Waals surface area contributed by atoms with Gasteiger partial charge in [0, 0.05) is 24.9 Å². The molecule has 2 heterocycles. The van der Waals surface area contributed by atoms with E-state index >= 15 is 0 Å². The average molecular weight is 258 g/mol. The van der Waals surface area contributed by atoms with E-state index in [-0.39, 0.29) is 0 Å². The fraction of sp³-hybridized carbons (Fsp3) is 0.467. The zero-order valence-corrected chi connectivity index (χ0v) is 11.9. The van der Waals surface area contributed by atoms with Crippen molar-refractivity contribution >= 4 is 5.82 Å². The number of nitrogens with one attached hydrogen (secondary N) is 1. The zero-order chi connectivity index (χ0) is 13.7. The standard InChI is InChI=1S/C15H22N4/c1-4-8-16-14-7-5-6-13(18-14)11-19-10-9-17-15(19)12(2)3/h5-7,9-10,12H,4,8,11H2,1-3H3,(H,16,18). The van der Waals surface area contributed by atoms with Crippen LogP contribution in [0.2, 0.25) is 0 Å². The minimum Gasteiger partial charge on any atom is -0.370 e. The van der Waals surface area contributed by atoms with Gasteiger partial charge in [-0.1, -0.05) is 26.8 Å². The lowest BCUT2D eigenvalue weighted by atomic mass is 10.2. The summed E-state index contributed by atoms with van der Waals surface area (Å²) in [5.74, 6) is 2.48. The summed E-state index contributed by atoms with van der Waals surface area (Å²) in [6.07, 6.45) is 4.97. The smallest absolute Gasteiger partial charge is 0.126 e. The summed E-state index contributed by atoms with van der Waals surface area (Å²) in [5.41, 5.74) is 1.06. The predicted molar refractivity (Wildman–Crippen MR) is 78.4 cm³/mol. The first-order valence-corrected chi connectivity index (χ1v) is 6.91. The monoisotopic (exact) mass is 258 g/mol. The van der Waals surface area contributed by atoms with Gasteiger partial charge >= 0.3 is 0 Å². The van der Waals surface area contributed by atoms with Crippen molar-refractivity contribution in [3.8, 4) is 0 Å². The van der Waals surface area contributed by atoms with E-state index in [0.717, 1.165) is 36.8 Å². The number of rotatable bonds is 6. The number of pyridine rings is 1. The Hall–Kier alpha value is -1.84. The lowest BCUT2D eigenvalue weighted by Crippen LogP contribution is -2.08. The second-order valence-corrected chi connectivity index (χ2v) is 5.01. The van der Waals surface area contributed by atoms with Crippen LogP contribution >= 0.6 is 0 Å². The van der Waals surface area contributed by atoms with Crippen LogP contribution in [-0.2, 0) is 6.54 Å². The summed E-state index contributed by atoms with van der Waals surface area (Å²) in [7, 11) is 0. The van der Waals surface area contributed by atoms with Crippen molar-refractivity contribution in [2.24, 2.45) is 0 Å². The summed E-state index contributed by atoms with van der Waals surface area (Å²) in [5, 5.41) is 3.32. The highest BCUT2D eigenvalue weighted by molar-refractivity contribution is 5.35. The van der Waals surface area contributed by atoms with Crippen LogP contribution in [0.4, 0.5) is 5.82 Å². The van der Waals surface area contributed by atoms with Gasteiger partial charge < -0.3 is 9.88 Å². The van der Waals surface area contributed by atoms with Crippen LogP contribution in [0.5, 0.6) is 0 Å². The molecule has 4 nitrogen and oxygen atoms in total. The number of anilines is 1. The molecule has 19 heavy (non-hydrogen) atoms. The Morgan fingerprint density at radius 1 is 1.32 bits per heavy atom. The SMILES string of the molecule is CCCNc1cccc(Cn2ccnc2C(C)C)n1. The predicted octanol–water partition coefficient (Wildman–Crippen LogP) is 3.27. The first-order chi connectivity index (χ1) is 9.20. The summed E-state index contributed by atoms with van der Waals surface area (Å²) < 4.78 is 2.16. The molecule has 0 spiro atoms. The molecular weight excluding hydrogens is 236 g/mol. The van der Waals surface area contributed by atoms with Gasteiger partial charge in [-0.3, -0.25) is 0 Å². The minimum absolute atomic E-state index is 0.427. The second kappa shape index (κ2) is 6.36. The molecule has 0 bridgehead atoms. The average Bonchev–Trinajstić information content (AvgIpc) is 2.85. The molecule has 1 N–H and O–H groups in total. The highest BCUT2D eigenvalue weighted by Gasteiger charge is 2.08. The summed E-state index contributed by atoms with van der Waals surface area (Å²) in [6.45, 7) is 8.20. The van der Waals surface area contributed by atoms with Gasteiger partial charge in [0.1, 0.15) is 11.6 Å². The van der Waals surface area contributed by atoms with Crippen LogP contribution in [0.1, 0.15) is 44.6 Å². The molecule has 0 unspecified atom stereocenters. The Morgan fingerprint density at radius 2 is 2.16 bits per heavy atom. The lowest BCUT2D eigenvalue weighted by Gasteiger charge is -2.11. The topological polar surface area (TPSA) is 42.7 Å². The Labute approximate surface area is 114 Å². The number of nitrogens with zero attached hydrogens (tertiary/aromatic N) is 3. The van der Waals surface area contributed by atoms with Crippen LogP contribution in [0.3, 0.4) is 0 Å². The normalized spacial score (nSPS) is 10.9. The molecule has 102 valence electrons. The van der Waals surface area contributed by atoms with E-state index in [9.17, 15) is 0 Å². The number of aromatic nitrogens is 3. The van der Waals surface area contributed by atoms with Crippen LogP contribution in [-0.4, -0.2) is 21.1 Å². The Kier molecular flexibility index (Phi) is 4.55. The maximum Gasteiger partial charge on any atom is 0.126 e. The molecule has 0 amide bonds. The molecule has 0 aliphatic heterocycles. The molecule has 0 fully saturated rings. The fourth-order valence-electron chi connectivity index (χ4n) is 2.05. The highest BCUT2D eigenvalue weighted by atomic mass is 15.1. The van der Waals surface area contributed by atoms with Crippen molar-refractivity contribution in [3.05, 3.63) is 42.1 Å². The van der Waals surface area contributed by atoms with Gasteiger partial charge in [-0.15, -0.1) is 0 Å². The van der Waals surface area contributed by atoms with E-state index in [2.05, 4.69) is 46.7 Å². The van der Waals surface area contributed by atoms with E-state index in [1.165, 1.54) is 0 Å². The molecule has 2 aromatic heterocycles. The molecule has 2 aromatic rings. The summed E-state index contributed by atoms with van der Waals surface area (Å²) >= 11 is 0. The first-order valence-electron chi connectivity index (χ1n) is 6.91. The largest absolute Gasteiger partial charge is 0.370 e. The summed E-state index contributed by atoms with van der Waals surface area (Å²) in [4.78, 5) is 9.03. The van der Waals surface area contributed by atoms with E-state index in [4.69, 9.17) is 0 Å². The summed E-state index contributed by atoms with van der Waals surface area (Å²) in [6, 6.07) is 6.12. The van der Waals surface area contributed by atoms with Crippen molar-refractivity contribution in [1.29, 1.82) is 0 Å². The Balaban J connectivity index is 2.12. The Bertz CT molecular complexity index is 516. The van der Waals surface area contributed by atoms with E-state index < -0.39 is 0 Å². The van der Waals surface area contributed by atoms with Gasteiger partial charge in [-0.05, 0) is 18.6 Å². The number of imidazole rings is 1. The highest BCUT2D eigenvalue weighted by Crippen LogP contribution is 2.14. The molecule has 0 aliphatic rings. The second-order valence-electron chi connectivity index (χ2n) is 5.01. The quantitative estimate of drug-likeness (QED) is 0.864. The van der Waals surface area contributed by atoms with Crippen LogP contribution < -0.4 is 5.32 Å². The van der Waals surface area contributed by atoms with E-state index in [0.29, 0.717) is 5.92 Å². The van der Waals surface area contributed by atoms with Crippen molar-refractivity contribution in [3.63, 3.8) is 0 Å². The number of hydrogen-bond acceptors (Lipinski definition) is 3. The van der Waals surface area contributed by atoms with Gasteiger partial charge in [-0.25, -0.2) is 9.97 Å². The van der Waals surface area contributed by atoms with Crippen molar-refractivity contribution in [2.45, 2.75) is 39.7 Å². The number of hydrogen-bond donors (Lipinski definition) is 1. The molecular formula is C15H22N4. The Morgan fingerprint density at radius 3 is 2.89 bits per heavy atom. The molecule has 0 aliphatic carbocycles. The molecule has 2 rings (SSSR count). The molecule has 0 aromatic carbocycles. The van der Waals surface area contributed by atoms with E-state index in [1.807, 2.05) is 24.5 Å². The first kappa shape index (κ1) is 13.6. The molecule has 0 atom stereocenters. The fourth-order valence-corrected chi connectivity index (χ4v) is 2.05. The third kappa shape index (κ3) is 3.56. The van der Waals surface area contributed by atoms with Crippen LogP contribution in [0, 0.1) is 0 Å². The third-order valence-electron chi connectivity index (χ3n) is 2.96. The molecule has 0 saturated heterocycles. The maximum atomic E-state index is 4.63. The van der Waals surface area contributed by atoms with Gasteiger partial charge in [-0.2, -0.15) is 0 Å². The van der Waals surface area contributed by atoms with Gasteiger partial charge in [0.15, 0.2) is 0 Å². The molecule has 4 heteroatoms. The zero-order valence-electron chi connectivity index (χ0n) is 11.9. The van der Waals surface area contributed by atoms with Gasteiger partial charge in [0.05, 0.1) is 12.2 Å². The minimum atomic E-state index is 0.427. The van der Waals surface area contributed by atoms with Crippen LogP contribution in [0.25, 0.3) is 0 Å². The third-order valence-corrected chi connectivity index (χ3v) is 2.96. The van der Waals surface area contributed by atoms with Gasteiger partial charge in [0.25, 0.3) is 0 Å². The molecule has 0 radical (unpaired) electrons. The van der Waals surface area contributed by atoms with Crippen molar-refractivity contribution < 1.29 is 0 Å². The maximum absolute atomic E-state index is 4.63. The van der Waals surface area contributed by atoms with Crippen molar-refractivity contribution in [1.82, 2.24) is 14.5 Å². The van der Waals surface area contributed by atoms with Crippen molar-refractivity contribution in [2.75, 3.05) is 11.9 Å².